The van der Waals surface area contributed by atoms with E-state index >= 15 is 0 Å². The van der Waals surface area contributed by atoms with E-state index in [4.69, 9.17) is 0 Å². The molecule has 1 N–H and O–H groups in total. The topological polar surface area (TPSA) is 81.2 Å². The molecule has 6 atom stereocenters. The van der Waals surface area contributed by atoms with E-state index < -0.39 is 34.2 Å². The predicted octanol–water partition coefficient (Wildman–Crippen LogP) is 3.49. The number of likely N-dealkylation sites (tertiary alicyclic amines) is 1. The van der Waals surface area contributed by atoms with E-state index in [1.165, 1.54) is 0 Å². The monoisotopic (exact) mass is 537 g/mol. The van der Waals surface area contributed by atoms with E-state index in [0.29, 0.717) is 19.5 Å². The summed E-state index contributed by atoms with van der Waals surface area (Å²) in [7, 11) is 0. The minimum absolute atomic E-state index is 0.0864. The quantitative estimate of drug-likeness (QED) is 0.582. The summed E-state index contributed by atoms with van der Waals surface area (Å²) in [6.45, 7) is 10.8. The maximum atomic E-state index is 14.5. The molecule has 7 nitrogen and oxygen atoms in total. The smallest absolute Gasteiger partial charge is 0.247 e. The molecule has 0 aliphatic carbocycles. The first-order valence-electron chi connectivity index (χ1n) is 13.6. The highest BCUT2D eigenvalue weighted by Gasteiger charge is 2.72. The molecule has 1 unspecified atom stereocenters. The number of carbonyl (C=O) groups is 3. The molecule has 2 saturated heterocycles. The van der Waals surface area contributed by atoms with Crippen LogP contribution >= 0.6 is 11.8 Å². The van der Waals surface area contributed by atoms with Gasteiger partial charge in [0.05, 0.1) is 29.2 Å². The van der Waals surface area contributed by atoms with E-state index in [-0.39, 0.29) is 35.5 Å². The van der Waals surface area contributed by atoms with Crippen molar-refractivity contribution in [2.24, 2.45) is 17.8 Å². The molecule has 1 aromatic rings. The van der Waals surface area contributed by atoms with Gasteiger partial charge in [0.25, 0.3) is 0 Å². The zero-order chi connectivity index (χ0) is 27.4. The largest absolute Gasteiger partial charge is 0.394 e. The number of aliphatic hydroxyl groups excluding tert-OH is 1. The van der Waals surface area contributed by atoms with Crippen LogP contribution in [0, 0.1) is 17.8 Å². The third-order valence-electron chi connectivity index (χ3n) is 8.32. The van der Waals surface area contributed by atoms with Crippen LogP contribution in [0.2, 0.25) is 0 Å². The molecule has 204 valence electrons. The van der Waals surface area contributed by atoms with Gasteiger partial charge in [-0.2, -0.15) is 0 Å². The summed E-state index contributed by atoms with van der Waals surface area (Å²) in [5.74, 6) is -1.46. The number of aliphatic hydroxyl groups is 1. The van der Waals surface area contributed by atoms with E-state index in [9.17, 15) is 19.5 Å². The van der Waals surface area contributed by atoms with Crippen LogP contribution in [0.15, 0.2) is 54.6 Å². The fourth-order valence-electron chi connectivity index (χ4n) is 6.73. The number of rotatable bonds is 5. The first-order chi connectivity index (χ1) is 18.0. The molecule has 0 saturated carbocycles. The molecule has 3 amide bonds. The Morgan fingerprint density at radius 2 is 1.74 bits per heavy atom. The number of anilines is 1. The van der Waals surface area contributed by atoms with Crippen molar-refractivity contribution < 1.29 is 19.5 Å². The fraction of sp³-hybridized carbons (Fsp3) is 0.567. The van der Waals surface area contributed by atoms with Gasteiger partial charge in [-0.25, -0.2) is 0 Å². The van der Waals surface area contributed by atoms with Crippen molar-refractivity contribution in [1.29, 1.82) is 0 Å². The molecule has 38 heavy (non-hydrogen) atoms. The van der Waals surface area contributed by atoms with Gasteiger partial charge in [0, 0.05) is 29.6 Å². The highest BCUT2D eigenvalue weighted by Crippen LogP contribution is 2.61. The second-order valence-electron chi connectivity index (χ2n) is 12.3. The second kappa shape index (κ2) is 9.87. The highest BCUT2D eigenvalue weighted by molar-refractivity contribution is 8.02. The van der Waals surface area contributed by atoms with Gasteiger partial charge < -0.3 is 19.8 Å². The van der Waals surface area contributed by atoms with Gasteiger partial charge >= 0.3 is 0 Å². The molecule has 1 spiro atoms. The van der Waals surface area contributed by atoms with E-state index in [1.807, 2.05) is 74.2 Å². The summed E-state index contributed by atoms with van der Waals surface area (Å²) in [6, 6.07) is 8.28. The van der Waals surface area contributed by atoms with Crippen LogP contribution in [0.4, 0.5) is 5.69 Å². The average Bonchev–Trinajstić information content (AvgIpc) is 3.17. The molecule has 0 bridgehead atoms. The lowest BCUT2D eigenvalue weighted by Crippen LogP contribution is -2.59. The molecule has 0 radical (unpaired) electrons. The molecular weight excluding hydrogens is 498 g/mol. The maximum Gasteiger partial charge on any atom is 0.247 e. The van der Waals surface area contributed by atoms with Gasteiger partial charge in [0.2, 0.25) is 17.7 Å². The van der Waals surface area contributed by atoms with Gasteiger partial charge in [-0.15, -0.1) is 11.8 Å². The predicted molar refractivity (Wildman–Crippen MR) is 151 cm³/mol. The van der Waals surface area contributed by atoms with Crippen molar-refractivity contribution in [2.45, 2.75) is 68.7 Å². The Hall–Kier alpha value is -2.58. The third-order valence-corrected chi connectivity index (χ3v) is 10.1. The van der Waals surface area contributed by atoms with Crippen LogP contribution < -0.4 is 4.90 Å². The summed E-state index contributed by atoms with van der Waals surface area (Å²) < 4.78 is -0.881. The number of hydrogen-bond acceptors (Lipinski definition) is 5. The van der Waals surface area contributed by atoms with E-state index in [0.717, 1.165) is 5.69 Å². The molecule has 8 heteroatoms. The van der Waals surface area contributed by atoms with Crippen molar-refractivity contribution in [3.63, 3.8) is 0 Å². The number of hydrogen-bond donors (Lipinski definition) is 1. The Labute approximate surface area is 229 Å². The third kappa shape index (κ3) is 4.20. The number of nitrogens with zero attached hydrogens (tertiary/aromatic N) is 3. The minimum Gasteiger partial charge on any atom is -0.394 e. The molecule has 5 rings (SSSR count). The van der Waals surface area contributed by atoms with Crippen molar-refractivity contribution >= 4 is 35.2 Å². The summed E-state index contributed by atoms with van der Waals surface area (Å²) >= 11 is 1.58. The van der Waals surface area contributed by atoms with Crippen LogP contribution in [-0.4, -0.2) is 79.9 Å². The first kappa shape index (κ1) is 27.0. The van der Waals surface area contributed by atoms with Crippen LogP contribution in [0.1, 0.15) is 41.0 Å². The molecule has 0 aromatic heterocycles. The van der Waals surface area contributed by atoms with Gasteiger partial charge in [-0.05, 0) is 45.2 Å². The van der Waals surface area contributed by atoms with Crippen molar-refractivity contribution in [2.75, 3.05) is 24.6 Å². The minimum atomic E-state index is -0.881. The standard InChI is InChI=1S/C30H39N3O4S/c1-19(2)17-21(18-34)33-25-28(37)32(29(3,4)5)16-10-14-30(25)24(27(33)36)23-22(38-30)13-9-15-31(26(23)35)20-11-7-6-8-12-20/h6-14,19,21-25,34H,15-18H2,1-5H3/t21-,22+,23-,24+,25?,30+/m1/s1. The number of benzene rings is 1. The molecule has 4 aliphatic heterocycles. The SMILES string of the molecule is CC(C)C[C@H](CO)N1C(=O)[C@@H]2[C@@H]3C(=O)N(c4ccccc4)CC=C[C@@H]3S[C@@]23C=CCN(C(C)(C)C)C(=O)C13. The Morgan fingerprint density at radius 1 is 1.03 bits per heavy atom. The summed E-state index contributed by atoms with van der Waals surface area (Å²) in [4.78, 5) is 48.4. The number of amides is 3. The van der Waals surface area contributed by atoms with Crippen molar-refractivity contribution in [1.82, 2.24) is 9.80 Å². The van der Waals surface area contributed by atoms with Crippen LogP contribution in [0.25, 0.3) is 0 Å². The molecule has 4 heterocycles. The van der Waals surface area contributed by atoms with Crippen LogP contribution in [-0.2, 0) is 14.4 Å². The average molecular weight is 538 g/mol. The molecular formula is C30H39N3O4S. The lowest BCUT2D eigenvalue weighted by molar-refractivity contribution is -0.148. The number of para-hydroxylation sites is 1. The highest BCUT2D eigenvalue weighted by atomic mass is 32.2. The Bertz CT molecular complexity index is 1160. The Morgan fingerprint density at radius 3 is 2.37 bits per heavy atom. The number of thioether (sulfide) groups is 1. The normalized spacial score (nSPS) is 31.9. The molecule has 2 fully saturated rings. The number of fused-ring (bicyclic) bond motifs is 2. The lowest BCUT2D eigenvalue weighted by atomic mass is 9.78. The van der Waals surface area contributed by atoms with Gasteiger partial charge in [0.1, 0.15) is 6.04 Å². The first-order valence-corrected chi connectivity index (χ1v) is 14.5. The van der Waals surface area contributed by atoms with Gasteiger partial charge in [0.15, 0.2) is 0 Å². The molecule has 4 aliphatic rings. The Kier molecular flexibility index (Phi) is 7.01. The summed E-state index contributed by atoms with van der Waals surface area (Å²) in [6.07, 6.45) is 8.69. The molecule has 1 aromatic carbocycles. The van der Waals surface area contributed by atoms with Gasteiger partial charge in [-0.1, -0.05) is 56.4 Å². The zero-order valence-corrected chi connectivity index (χ0v) is 23.7. The summed E-state index contributed by atoms with van der Waals surface area (Å²) in [5, 5.41) is 10.3. The maximum absolute atomic E-state index is 14.5. The zero-order valence-electron chi connectivity index (χ0n) is 22.9. The van der Waals surface area contributed by atoms with Crippen LogP contribution in [0.3, 0.4) is 0 Å². The fourth-order valence-corrected chi connectivity index (χ4v) is 8.73. The number of carbonyl (C=O) groups excluding carboxylic acids is 3. The van der Waals surface area contributed by atoms with E-state index in [2.05, 4.69) is 19.9 Å². The van der Waals surface area contributed by atoms with Crippen LogP contribution in [0.5, 0.6) is 0 Å². The second-order valence-corrected chi connectivity index (χ2v) is 13.8. The van der Waals surface area contributed by atoms with E-state index in [1.54, 1.807) is 21.6 Å². The lowest BCUT2D eigenvalue weighted by Gasteiger charge is -2.42. The van der Waals surface area contributed by atoms with Crippen molar-refractivity contribution in [3.8, 4) is 0 Å². The van der Waals surface area contributed by atoms with Crippen molar-refractivity contribution in [3.05, 3.63) is 54.6 Å². The summed E-state index contributed by atoms with van der Waals surface area (Å²) in [5.41, 5.74) is 0.354. The van der Waals surface area contributed by atoms with Gasteiger partial charge in [-0.3, -0.25) is 14.4 Å². The Balaban J connectivity index is 1.64.